The zero-order valence-corrected chi connectivity index (χ0v) is 21.1. The smallest absolute Gasteiger partial charge is 0.328 e. The van der Waals surface area contributed by atoms with Crippen LogP contribution in [0.2, 0.25) is 10.0 Å². The van der Waals surface area contributed by atoms with Crippen LogP contribution in [-0.2, 0) is 32.8 Å². The van der Waals surface area contributed by atoms with E-state index in [1.165, 1.54) is 0 Å². The number of carbonyl (C=O) groups is 3. The Morgan fingerprint density at radius 1 is 1.00 bits per heavy atom. The van der Waals surface area contributed by atoms with E-state index in [1.807, 2.05) is 18.2 Å². The molecule has 10 heteroatoms. The first-order valence-electron chi connectivity index (χ1n) is 11.5. The van der Waals surface area contributed by atoms with E-state index in [0.29, 0.717) is 41.7 Å². The predicted molar refractivity (Wildman–Crippen MR) is 137 cm³/mol. The van der Waals surface area contributed by atoms with Gasteiger partial charge in [0.1, 0.15) is 11.3 Å². The lowest BCUT2D eigenvalue weighted by atomic mass is 9.76. The first kappa shape index (κ1) is 27.7. The number of halogens is 2. The normalized spacial score (nSPS) is 19.4. The van der Waals surface area contributed by atoms with Gasteiger partial charge in [-0.1, -0.05) is 41.4 Å². The third-order valence-corrected chi connectivity index (χ3v) is 7.00. The van der Waals surface area contributed by atoms with Crippen LogP contribution in [0.4, 0.5) is 0 Å². The van der Waals surface area contributed by atoms with E-state index in [1.54, 1.807) is 18.2 Å². The maximum absolute atomic E-state index is 13.7. The zero-order valence-electron chi connectivity index (χ0n) is 19.5. The number of hydrogen-bond acceptors (Lipinski definition) is 6. The second kappa shape index (κ2) is 12.4. The van der Waals surface area contributed by atoms with Gasteiger partial charge in [0.15, 0.2) is 5.78 Å². The highest BCUT2D eigenvalue weighted by atomic mass is 35.5. The van der Waals surface area contributed by atoms with Crippen LogP contribution in [0.3, 0.4) is 0 Å². The minimum atomic E-state index is -1.26. The summed E-state index contributed by atoms with van der Waals surface area (Å²) in [5, 5.41) is 30.5. The Bertz CT molecular complexity index is 1150. The molecule has 2 aliphatic rings. The number of phenols is 1. The van der Waals surface area contributed by atoms with Crippen molar-refractivity contribution in [2.24, 2.45) is 0 Å². The number of carbonyl (C=O) groups excluding carboxylic acids is 1. The molecule has 1 fully saturated rings. The fraction of sp³-hybridized carbons (Fsp3) is 0.346. The Balaban J connectivity index is 0.000000392. The van der Waals surface area contributed by atoms with Crippen molar-refractivity contribution in [1.29, 1.82) is 0 Å². The number of carboxylic acids is 2. The van der Waals surface area contributed by atoms with Crippen molar-refractivity contribution in [3.05, 3.63) is 75.3 Å². The summed E-state index contributed by atoms with van der Waals surface area (Å²) < 4.78 is 0. The number of fused-ring (bicyclic) bond motifs is 1. The van der Waals surface area contributed by atoms with Crippen molar-refractivity contribution in [2.75, 3.05) is 26.2 Å². The van der Waals surface area contributed by atoms with E-state index in [4.69, 9.17) is 33.4 Å². The molecule has 0 aromatic heterocycles. The van der Waals surface area contributed by atoms with E-state index >= 15 is 0 Å². The predicted octanol–water partition coefficient (Wildman–Crippen LogP) is 3.66. The van der Waals surface area contributed by atoms with E-state index in [0.717, 1.165) is 42.6 Å². The molecule has 0 amide bonds. The number of Topliss-reactive ketones (excluding diaryl/α,β-unsaturated/α-hetero) is 1. The van der Waals surface area contributed by atoms with Crippen molar-refractivity contribution in [3.8, 4) is 5.75 Å². The van der Waals surface area contributed by atoms with Gasteiger partial charge in [0.2, 0.25) is 0 Å². The molecule has 0 aliphatic carbocycles. The Labute approximate surface area is 219 Å². The third kappa shape index (κ3) is 6.85. The van der Waals surface area contributed by atoms with Crippen molar-refractivity contribution in [3.63, 3.8) is 0 Å². The first-order valence-corrected chi connectivity index (χ1v) is 12.3. The molecule has 1 unspecified atom stereocenters. The molecular formula is C26H28Cl2N2O6. The van der Waals surface area contributed by atoms with E-state index < -0.39 is 17.5 Å². The van der Waals surface area contributed by atoms with Crippen LogP contribution in [0.25, 0.3) is 0 Å². The quantitative estimate of drug-likeness (QED) is 0.396. The number of hydrogen-bond donors (Lipinski definition) is 4. The average molecular weight is 535 g/mol. The molecule has 0 saturated carbocycles. The van der Waals surface area contributed by atoms with Gasteiger partial charge in [-0.15, -0.1) is 0 Å². The van der Waals surface area contributed by atoms with Gasteiger partial charge in [0.05, 0.1) is 10.0 Å². The van der Waals surface area contributed by atoms with Crippen LogP contribution in [0.1, 0.15) is 29.5 Å². The molecule has 8 nitrogen and oxygen atoms in total. The molecule has 1 atom stereocenters. The number of ketones is 1. The second-order valence-electron chi connectivity index (χ2n) is 8.73. The average Bonchev–Trinajstić information content (AvgIpc) is 3.34. The highest BCUT2D eigenvalue weighted by molar-refractivity contribution is 6.42. The van der Waals surface area contributed by atoms with Crippen molar-refractivity contribution in [1.82, 2.24) is 10.2 Å². The number of aliphatic carboxylic acids is 2. The molecule has 0 radical (unpaired) electrons. The Kier molecular flexibility index (Phi) is 9.50. The Morgan fingerprint density at radius 3 is 2.28 bits per heavy atom. The number of likely N-dealkylation sites (tertiary alicyclic amines) is 1. The number of nitrogens with one attached hydrogen (secondary N) is 1. The number of phenolic OH excluding ortho intramolecular Hbond substituents is 1. The van der Waals surface area contributed by atoms with Gasteiger partial charge in [-0.3, -0.25) is 10.1 Å². The van der Waals surface area contributed by atoms with Gasteiger partial charge in [-0.25, -0.2) is 9.59 Å². The molecule has 2 aliphatic heterocycles. The number of carboxylic acid groups (broad SMARTS) is 2. The van der Waals surface area contributed by atoms with Crippen molar-refractivity contribution in [2.45, 2.75) is 31.2 Å². The van der Waals surface area contributed by atoms with Gasteiger partial charge in [-0.2, -0.15) is 0 Å². The SMILES string of the molecule is O=C(Cc1ccc(Cl)c(Cl)c1)C1(CN2CCCC2)NCCc2c(O)cccc21.O=C(O)/C=C\C(=O)O. The summed E-state index contributed by atoms with van der Waals surface area (Å²) in [4.78, 5) is 35.2. The Morgan fingerprint density at radius 2 is 1.67 bits per heavy atom. The number of benzene rings is 2. The number of rotatable bonds is 7. The van der Waals surface area contributed by atoms with Crippen LogP contribution in [0, 0.1) is 0 Å². The summed E-state index contributed by atoms with van der Waals surface area (Å²) in [6.45, 7) is 3.27. The highest BCUT2D eigenvalue weighted by Crippen LogP contribution is 2.37. The van der Waals surface area contributed by atoms with Crippen LogP contribution in [-0.4, -0.2) is 64.1 Å². The number of aromatic hydroxyl groups is 1. The molecular weight excluding hydrogens is 507 g/mol. The van der Waals surface area contributed by atoms with E-state index in [9.17, 15) is 19.5 Å². The van der Waals surface area contributed by atoms with Gasteiger partial charge in [0.25, 0.3) is 0 Å². The van der Waals surface area contributed by atoms with Crippen LogP contribution >= 0.6 is 23.2 Å². The maximum atomic E-state index is 13.7. The van der Waals surface area contributed by atoms with Gasteiger partial charge in [-0.05, 0) is 61.7 Å². The molecule has 0 bridgehead atoms. The molecule has 4 rings (SSSR count). The highest BCUT2D eigenvalue weighted by Gasteiger charge is 2.45. The maximum Gasteiger partial charge on any atom is 0.328 e. The molecule has 0 spiro atoms. The molecule has 192 valence electrons. The van der Waals surface area contributed by atoms with E-state index in [-0.39, 0.29) is 18.0 Å². The molecule has 2 heterocycles. The zero-order chi connectivity index (χ0) is 26.3. The van der Waals surface area contributed by atoms with Crippen LogP contribution < -0.4 is 5.32 Å². The summed E-state index contributed by atoms with van der Waals surface area (Å²) in [6, 6.07) is 10.8. The van der Waals surface area contributed by atoms with Crippen LogP contribution in [0.5, 0.6) is 5.75 Å². The minimum absolute atomic E-state index is 0.0874. The largest absolute Gasteiger partial charge is 0.508 e. The lowest BCUT2D eigenvalue weighted by Crippen LogP contribution is -2.59. The van der Waals surface area contributed by atoms with Crippen LogP contribution in [0.15, 0.2) is 48.6 Å². The fourth-order valence-corrected chi connectivity index (χ4v) is 4.94. The summed E-state index contributed by atoms with van der Waals surface area (Å²) >= 11 is 12.2. The Hall–Kier alpha value is -2.91. The number of nitrogens with zero attached hydrogens (tertiary/aromatic N) is 1. The summed E-state index contributed by atoms with van der Waals surface area (Å²) in [7, 11) is 0. The first-order chi connectivity index (χ1) is 17.1. The lowest BCUT2D eigenvalue weighted by Gasteiger charge is -2.41. The monoisotopic (exact) mass is 534 g/mol. The van der Waals surface area contributed by atoms with Gasteiger partial charge >= 0.3 is 11.9 Å². The lowest BCUT2D eigenvalue weighted by molar-refractivity contribution is -0.134. The minimum Gasteiger partial charge on any atom is -0.508 e. The summed E-state index contributed by atoms with van der Waals surface area (Å²) in [6.07, 6.45) is 4.40. The molecule has 1 saturated heterocycles. The fourth-order valence-electron chi connectivity index (χ4n) is 4.62. The second-order valence-corrected chi connectivity index (χ2v) is 9.54. The van der Waals surface area contributed by atoms with E-state index in [2.05, 4.69) is 10.2 Å². The van der Waals surface area contributed by atoms with Crippen molar-refractivity contribution < 1.29 is 29.7 Å². The summed E-state index contributed by atoms with van der Waals surface area (Å²) in [5.74, 6) is -2.16. The molecule has 2 aromatic carbocycles. The standard InChI is InChI=1S/C22H24Cl2N2O2.C4H4O4/c23-18-7-6-15(12-19(18)24)13-21(28)22(14-26-10-1-2-11-26)17-4-3-5-20(27)16(17)8-9-25-22;5-3(6)1-2-4(7)8/h3-7,12,25,27H,1-2,8-11,13-14H2;1-2H,(H,5,6)(H,7,8)/b;2-1-. The van der Waals surface area contributed by atoms with Gasteiger partial charge in [0, 0.05) is 37.2 Å². The topological polar surface area (TPSA) is 127 Å². The molecule has 36 heavy (non-hydrogen) atoms. The molecule has 4 N–H and O–H groups in total. The molecule has 2 aromatic rings. The summed E-state index contributed by atoms with van der Waals surface area (Å²) in [5.41, 5.74) is 1.79. The van der Waals surface area contributed by atoms with Crippen molar-refractivity contribution >= 4 is 40.9 Å². The van der Waals surface area contributed by atoms with Gasteiger partial charge < -0.3 is 20.2 Å². The third-order valence-electron chi connectivity index (χ3n) is 6.27.